The van der Waals surface area contributed by atoms with Gasteiger partial charge in [-0.1, -0.05) is 23.2 Å². The Bertz CT molecular complexity index is 398. The Morgan fingerprint density at radius 2 is 2.00 bits per heavy atom. The van der Waals surface area contributed by atoms with Crippen molar-refractivity contribution in [2.75, 3.05) is 0 Å². The SMILES string of the molecule is NC(=O)c1c(OC(F)F)ccc(Cl)c1Cl. The van der Waals surface area contributed by atoms with Crippen LogP contribution >= 0.6 is 23.2 Å². The zero-order valence-electron chi connectivity index (χ0n) is 7.14. The van der Waals surface area contributed by atoms with Gasteiger partial charge >= 0.3 is 6.61 Å². The zero-order valence-corrected chi connectivity index (χ0v) is 8.65. The molecule has 0 bridgehead atoms. The van der Waals surface area contributed by atoms with Gasteiger partial charge in [-0.3, -0.25) is 4.79 Å². The quantitative estimate of drug-likeness (QED) is 0.903. The maximum atomic E-state index is 11.9. The Morgan fingerprint density at radius 1 is 1.40 bits per heavy atom. The van der Waals surface area contributed by atoms with Crippen molar-refractivity contribution in [2.45, 2.75) is 6.61 Å². The van der Waals surface area contributed by atoms with E-state index in [1.54, 1.807) is 0 Å². The van der Waals surface area contributed by atoms with Gasteiger partial charge in [0.15, 0.2) is 0 Å². The van der Waals surface area contributed by atoms with Gasteiger partial charge in [0.05, 0.1) is 10.0 Å². The summed E-state index contributed by atoms with van der Waals surface area (Å²) >= 11 is 11.2. The number of nitrogens with two attached hydrogens (primary N) is 1. The predicted octanol–water partition coefficient (Wildman–Crippen LogP) is 2.69. The van der Waals surface area contributed by atoms with Gasteiger partial charge in [-0.2, -0.15) is 8.78 Å². The van der Waals surface area contributed by atoms with E-state index in [0.717, 1.165) is 6.07 Å². The Hall–Kier alpha value is -1.07. The van der Waals surface area contributed by atoms with E-state index in [0.29, 0.717) is 0 Å². The molecule has 0 atom stereocenters. The number of benzene rings is 1. The first kappa shape index (κ1) is 12.0. The topological polar surface area (TPSA) is 52.3 Å². The molecule has 0 fully saturated rings. The predicted molar refractivity (Wildman–Crippen MR) is 51.6 cm³/mol. The van der Waals surface area contributed by atoms with Crippen LogP contribution in [0.5, 0.6) is 5.75 Å². The molecule has 1 amide bonds. The van der Waals surface area contributed by atoms with E-state index in [2.05, 4.69) is 4.74 Å². The average molecular weight is 256 g/mol. The average Bonchev–Trinajstić information content (AvgIpc) is 2.10. The fraction of sp³-hybridized carbons (Fsp3) is 0.125. The maximum Gasteiger partial charge on any atom is 0.387 e. The second kappa shape index (κ2) is 4.63. The first-order chi connectivity index (χ1) is 6.93. The van der Waals surface area contributed by atoms with Crippen LogP contribution in [-0.2, 0) is 0 Å². The van der Waals surface area contributed by atoms with Crippen molar-refractivity contribution < 1.29 is 18.3 Å². The summed E-state index contributed by atoms with van der Waals surface area (Å²) in [7, 11) is 0. The molecular formula is C8H5Cl2F2NO2. The van der Waals surface area contributed by atoms with Gasteiger partial charge in [-0.05, 0) is 12.1 Å². The molecule has 0 spiro atoms. The molecule has 15 heavy (non-hydrogen) atoms. The molecule has 0 radical (unpaired) electrons. The van der Waals surface area contributed by atoms with Gasteiger partial charge < -0.3 is 10.5 Å². The molecule has 0 aromatic heterocycles. The van der Waals surface area contributed by atoms with Crippen LogP contribution in [0.4, 0.5) is 8.78 Å². The maximum absolute atomic E-state index is 11.9. The number of carbonyl (C=O) groups is 1. The van der Waals surface area contributed by atoms with Gasteiger partial charge in [0.1, 0.15) is 11.3 Å². The summed E-state index contributed by atoms with van der Waals surface area (Å²) < 4.78 is 28.0. The largest absolute Gasteiger partial charge is 0.434 e. The van der Waals surface area contributed by atoms with Gasteiger partial charge in [0.25, 0.3) is 5.91 Å². The van der Waals surface area contributed by atoms with Crippen LogP contribution in [-0.4, -0.2) is 12.5 Å². The van der Waals surface area contributed by atoms with E-state index >= 15 is 0 Å². The van der Waals surface area contributed by atoms with E-state index < -0.39 is 18.3 Å². The first-order valence-electron chi connectivity index (χ1n) is 3.66. The van der Waals surface area contributed by atoms with Gasteiger partial charge in [-0.15, -0.1) is 0 Å². The lowest BCUT2D eigenvalue weighted by Gasteiger charge is -2.10. The molecule has 7 heteroatoms. The summed E-state index contributed by atoms with van der Waals surface area (Å²) in [5.41, 5.74) is 4.60. The molecule has 82 valence electrons. The smallest absolute Gasteiger partial charge is 0.387 e. The fourth-order valence-corrected chi connectivity index (χ4v) is 1.36. The van der Waals surface area contributed by atoms with Crippen molar-refractivity contribution in [2.24, 2.45) is 5.73 Å². The lowest BCUT2D eigenvalue weighted by Crippen LogP contribution is -2.15. The second-order valence-corrected chi connectivity index (χ2v) is 3.26. The van der Waals surface area contributed by atoms with Crippen molar-refractivity contribution in [1.29, 1.82) is 0 Å². The summed E-state index contributed by atoms with van der Waals surface area (Å²) in [6.07, 6.45) is 0. The van der Waals surface area contributed by atoms with Crippen LogP contribution < -0.4 is 10.5 Å². The Balaban J connectivity index is 3.27. The standard InChI is InChI=1S/C8H5Cl2F2NO2/c9-3-1-2-4(15-8(11)12)5(6(3)10)7(13)14/h1-2,8H,(H2,13,14). The second-order valence-electron chi connectivity index (χ2n) is 2.48. The number of rotatable bonds is 3. The minimum absolute atomic E-state index is 0.0343. The van der Waals surface area contributed by atoms with E-state index in [-0.39, 0.29) is 15.6 Å². The fourth-order valence-electron chi connectivity index (χ4n) is 0.957. The molecule has 0 aliphatic carbocycles. The van der Waals surface area contributed by atoms with Gasteiger partial charge in [-0.25, -0.2) is 0 Å². The molecule has 3 nitrogen and oxygen atoms in total. The molecule has 0 saturated carbocycles. The third-order valence-corrected chi connectivity index (χ3v) is 2.32. The number of halogens is 4. The van der Waals surface area contributed by atoms with E-state index in [4.69, 9.17) is 28.9 Å². The highest BCUT2D eigenvalue weighted by atomic mass is 35.5. The highest BCUT2D eigenvalue weighted by molar-refractivity contribution is 6.44. The Labute approximate surface area is 93.7 Å². The third kappa shape index (κ3) is 2.70. The van der Waals surface area contributed by atoms with Crippen molar-refractivity contribution in [3.63, 3.8) is 0 Å². The van der Waals surface area contributed by atoms with Crippen LogP contribution in [0.3, 0.4) is 0 Å². The number of carbonyl (C=O) groups excluding carboxylic acids is 1. The van der Waals surface area contributed by atoms with E-state index in [1.807, 2.05) is 0 Å². The van der Waals surface area contributed by atoms with Crippen molar-refractivity contribution in [1.82, 2.24) is 0 Å². The van der Waals surface area contributed by atoms with Crippen LogP contribution in [0, 0.1) is 0 Å². The summed E-state index contributed by atoms with van der Waals surface area (Å²) in [6.45, 7) is -3.07. The number of amides is 1. The van der Waals surface area contributed by atoms with Crippen LogP contribution in [0.25, 0.3) is 0 Å². The minimum atomic E-state index is -3.07. The normalized spacial score (nSPS) is 10.5. The first-order valence-corrected chi connectivity index (χ1v) is 4.41. The third-order valence-electron chi connectivity index (χ3n) is 1.52. The summed E-state index contributed by atoms with van der Waals surface area (Å²) in [5.74, 6) is -1.38. The lowest BCUT2D eigenvalue weighted by molar-refractivity contribution is -0.0501. The molecule has 0 aliphatic rings. The number of ether oxygens (including phenoxy) is 1. The highest BCUT2D eigenvalue weighted by Crippen LogP contribution is 2.33. The molecule has 1 aromatic rings. The summed E-state index contributed by atoms with van der Waals surface area (Å²) in [5, 5.41) is -0.172. The molecule has 0 unspecified atom stereocenters. The summed E-state index contributed by atoms with van der Waals surface area (Å²) in [6, 6.07) is 2.33. The number of alkyl halides is 2. The molecule has 1 rings (SSSR count). The molecule has 0 aliphatic heterocycles. The van der Waals surface area contributed by atoms with Crippen molar-refractivity contribution in [3.8, 4) is 5.75 Å². The van der Waals surface area contributed by atoms with Crippen LogP contribution in [0.2, 0.25) is 10.0 Å². The molecule has 1 aromatic carbocycles. The zero-order chi connectivity index (χ0) is 11.6. The Morgan fingerprint density at radius 3 is 2.47 bits per heavy atom. The molecular weight excluding hydrogens is 251 g/mol. The van der Waals surface area contributed by atoms with Crippen molar-refractivity contribution >= 4 is 29.1 Å². The monoisotopic (exact) mass is 255 g/mol. The summed E-state index contributed by atoms with van der Waals surface area (Å²) in [4.78, 5) is 10.9. The molecule has 2 N–H and O–H groups in total. The number of hydrogen-bond donors (Lipinski definition) is 1. The minimum Gasteiger partial charge on any atom is -0.434 e. The molecule has 0 saturated heterocycles. The van der Waals surface area contributed by atoms with E-state index in [9.17, 15) is 13.6 Å². The van der Waals surface area contributed by atoms with Crippen LogP contribution in [0.15, 0.2) is 12.1 Å². The van der Waals surface area contributed by atoms with Crippen molar-refractivity contribution in [3.05, 3.63) is 27.7 Å². The number of hydrogen-bond acceptors (Lipinski definition) is 2. The van der Waals surface area contributed by atoms with E-state index in [1.165, 1.54) is 6.07 Å². The lowest BCUT2D eigenvalue weighted by atomic mass is 10.2. The van der Waals surface area contributed by atoms with Crippen LogP contribution in [0.1, 0.15) is 10.4 Å². The van der Waals surface area contributed by atoms with Gasteiger partial charge in [0.2, 0.25) is 0 Å². The highest BCUT2D eigenvalue weighted by Gasteiger charge is 2.19. The van der Waals surface area contributed by atoms with Gasteiger partial charge in [0, 0.05) is 0 Å². The Kier molecular flexibility index (Phi) is 3.71. The molecule has 0 heterocycles. The number of primary amides is 1.